The molecule has 0 spiro atoms. The van der Waals surface area contributed by atoms with Crippen molar-refractivity contribution in [2.75, 3.05) is 0 Å². The predicted molar refractivity (Wildman–Crippen MR) is 147 cm³/mol. The summed E-state index contributed by atoms with van der Waals surface area (Å²) in [7, 11) is 0. The molecule has 1 aliphatic carbocycles. The average Bonchev–Trinajstić information content (AvgIpc) is 3.19. The fourth-order valence-corrected chi connectivity index (χ4v) is 5.61. The van der Waals surface area contributed by atoms with E-state index in [1.165, 1.54) is 44.5 Å². The van der Waals surface area contributed by atoms with E-state index in [0.29, 0.717) is 0 Å². The number of benzene rings is 4. The van der Waals surface area contributed by atoms with Crippen molar-refractivity contribution in [2.24, 2.45) is 0 Å². The molecule has 34 heavy (non-hydrogen) atoms. The average molecular weight is 439 g/mol. The summed E-state index contributed by atoms with van der Waals surface area (Å²) >= 11 is 0. The standard InChI is InChI=1S/C34H30/c1-5-14-24(4)30-23-26(27-16-9-8-15-25(27)6-2)21-22-33(30)34(7-3)31-19-12-10-17-28(31)29-18-11-13-20-32(29)34/h5,7-23H,3-4,6H2,1-2H3/b14-5-. The van der Waals surface area contributed by atoms with Crippen LogP contribution >= 0.6 is 0 Å². The first-order chi connectivity index (χ1) is 16.7. The van der Waals surface area contributed by atoms with Crippen molar-refractivity contribution in [1.82, 2.24) is 0 Å². The van der Waals surface area contributed by atoms with Crippen molar-refractivity contribution >= 4 is 5.57 Å². The van der Waals surface area contributed by atoms with E-state index >= 15 is 0 Å². The molecule has 0 aromatic heterocycles. The van der Waals surface area contributed by atoms with Gasteiger partial charge in [0.1, 0.15) is 0 Å². The molecule has 166 valence electrons. The Morgan fingerprint density at radius 3 is 1.94 bits per heavy atom. The summed E-state index contributed by atoms with van der Waals surface area (Å²) in [4.78, 5) is 0. The van der Waals surface area contributed by atoms with Gasteiger partial charge in [-0.2, -0.15) is 0 Å². The van der Waals surface area contributed by atoms with Crippen LogP contribution in [0.3, 0.4) is 0 Å². The second-order valence-electron chi connectivity index (χ2n) is 8.90. The summed E-state index contributed by atoms with van der Waals surface area (Å²) in [6, 6.07) is 33.0. The second-order valence-corrected chi connectivity index (χ2v) is 8.90. The minimum Gasteiger partial charge on any atom is -0.102 e. The molecule has 4 aromatic rings. The van der Waals surface area contributed by atoms with Gasteiger partial charge in [-0.05, 0) is 75.1 Å². The molecule has 1 aliphatic rings. The molecule has 0 amide bonds. The minimum atomic E-state index is -0.435. The van der Waals surface area contributed by atoms with Gasteiger partial charge < -0.3 is 0 Å². The van der Waals surface area contributed by atoms with Gasteiger partial charge in [0.2, 0.25) is 0 Å². The highest BCUT2D eigenvalue weighted by atomic mass is 14.4. The van der Waals surface area contributed by atoms with Gasteiger partial charge in [0.25, 0.3) is 0 Å². The first kappa shape index (κ1) is 21.9. The lowest BCUT2D eigenvalue weighted by Crippen LogP contribution is -2.25. The van der Waals surface area contributed by atoms with Gasteiger partial charge in [-0.25, -0.2) is 0 Å². The highest BCUT2D eigenvalue weighted by molar-refractivity contribution is 5.88. The van der Waals surface area contributed by atoms with Crippen molar-refractivity contribution in [3.63, 3.8) is 0 Å². The maximum atomic E-state index is 4.48. The number of hydrogen-bond acceptors (Lipinski definition) is 0. The summed E-state index contributed by atoms with van der Waals surface area (Å²) in [5, 5.41) is 0. The summed E-state index contributed by atoms with van der Waals surface area (Å²) < 4.78 is 0. The first-order valence-corrected chi connectivity index (χ1v) is 12.0. The van der Waals surface area contributed by atoms with Crippen molar-refractivity contribution in [3.05, 3.63) is 150 Å². The summed E-state index contributed by atoms with van der Waals surface area (Å²) in [6.07, 6.45) is 7.30. The third-order valence-corrected chi connectivity index (χ3v) is 7.17. The topological polar surface area (TPSA) is 0 Å². The molecule has 0 bridgehead atoms. The Kier molecular flexibility index (Phi) is 5.67. The highest BCUT2D eigenvalue weighted by Crippen LogP contribution is 2.54. The largest absolute Gasteiger partial charge is 0.102 e. The zero-order valence-corrected chi connectivity index (χ0v) is 20.0. The van der Waals surface area contributed by atoms with E-state index in [4.69, 9.17) is 0 Å². The van der Waals surface area contributed by atoms with Gasteiger partial charge in [-0.3, -0.25) is 0 Å². The number of fused-ring (bicyclic) bond motifs is 3. The Morgan fingerprint density at radius 1 is 0.765 bits per heavy atom. The molecule has 0 nitrogen and oxygen atoms in total. The number of allylic oxidation sites excluding steroid dienone is 4. The Labute approximate surface area is 203 Å². The zero-order valence-electron chi connectivity index (χ0n) is 20.0. The Bertz CT molecular complexity index is 1380. The molecule has 0 radical (unpaired) electrons. The molecule has 0 saturated carbocycles. The van der Waals surface area contributed by atoms with E-state index < -0.39 is 5.41 Å². The Balaban J connectivity index is 1.83. The maximum absolute atomic E-state index is 4.48. The summed E-state index contributed by atoms with van der Waals surface area (Å²) in [5.41, 5.74) is 11.9. The molecule has 0 heteroatoms. The number of hydrogen-bond donors (Lipinski definition) is 0. The third-order valence-electron chi connectivity index (χ3n) is 7.17. The van der Waals surface area contributed by atoms with Crippen molar-refractivity contribution in [3.8, 4) is 22.3 Å². The fraction of sp³-hybridized carbons (Fsp3) is 0.118. The van der Waals surface area contributed by atoms with Crippen LogP contribution in [-0.2, 0) is 11.8 Å². The molecule has 0 heterocycles. The van der Waals surface area contributed by atoms with Crippen LogP contribution in [0.25, 0.3) is 27.8 Å². The van der Waals surface area contributed by atoms with Gasteiger partial charge in [-0.1, -0.05) is 117 Å². The van der Waals surface area contributed by atoms with Crippen molar-refractivity contribution in [2.45, 2.75) is 25.7 Å². The van der Waals surface area contributed by atoms with Gasteiger partial charge in [0, 0.05) is 0 Å². The zero-order chi connectivity index (χ0) is 23.7. The number of rotatable bonds is 6. The molecule has 4 aromatic carbocycles. The van der Waals surface area contributed by atoms with E-state index in [0.717, 1.165) is 17.6 Å². The molecule has 5 rings (SSSR count). The SMILES string of the molecule is C=CC1(c2ccc(-c3ccccc3CC)cc2C(=C)/C=C\C)c2ccccc2-c2ccccc21. The van der Waals surface area contributed by atoms with E-state index in [9.17, 15) is 0 Å². The van der Waals surface area contributed by atoms with Crippen LogP contribution in [0.5, 0.6) is 0 Å². The Morgan fingerprint density at radius 2 is 1.35 bits per heavy atom. The minimum absolute atomic E-state index is 0.435. The second kappa shape index (κ2) is 8.80. The first-order valence-electron chi connectivity index (χ1n) is 12.0. The van der Waals surface area contributed by atoms with Gasteiger partial charge in [0.15, 0.2) is 0 Å². The Hall–Kier alpha value is -3.90. The van der Waals surface area contributed by atoms with Gasteiger partial charge >= 0.3 is 0 Å². The van der Waals surface area contributed by atoms with Crippen LogP contribution in [0.4, 0.5) is 0 Å². The molecular weight excluding hydrogens is 408 g/mol. The smallest absolute Gasteiger partial charge is 0.0647 e. The van der Waals surface area contributed by atoms with Crippen molar-refractivity contribution < 1.29 is 0 Å². The van der Waals surface area contributed by atoms with Gasteiger partial charge in [-0.15, -0.1) is 6.58 Å². The van der Waals surface area contributed by atoms with Crippen LogP contribution in [0, 0.1) is 0 Å². The lowest BCUT2D eigenvalue weighted by molar-refractivity contribution is 0.804. The van der Waals surface area contributed by atoms with Crippen LogP contribution in [0.2, 0.25) is 0 Å². The molecule has 0 fully saturated rings. The van der Waals surface area contributed by atoms with Crippen LogP contribution in [0.15, 0.2) is 122 Å². The van der Waals surface area contributed by atoms with E-state index in [1.807, 2.05) is 6.92 Å². The van der Waals surface area contributed by atoms with Crippen LogP contribution in [-0.4, -0.2) is 0 Å². The fourth-order valence-electron chi connectivity index (χ4n) is 5.61. The highest BCUT2D eigenvalue weighted by Gasteiger charge is 2.43. The molecule has 0 N–H and O–H groups in total. The molecule has 0 aliphatic heterocycles. The molecule has 0 saturated heterocycles. The quantitative estimate of drug-likeness (QED) is 0.208. The van der Waals surface area contributed by atoms with E-state index in [2.05, 4.69) is 129 Å². The number of aryl methyl sites for hydroxylation is 1. The summed E-state index contributed by atoms with van der Waals surface area (Å²) in [5.74, 6) is 0. The third kappa shape index (κ3) is 3.22. The molecule has 0 unspecified atom stereocenters. The van der Waals surface area contributed by atoms with E-state index in [-0.39, 0.29) is 0 Å². The van der Waals surface area contributed by atoms with Crippen LogP contribution in [0.1, 0.15) is 41.7 Å². The summed E-state index contributed by atoms with van der Waals surface area (Å²) in [6.45, 7) is 13.1. The lowest BCUT2D eigenvalue weighted by atomic mass is 9.69. The van der Waals surface area contributed by atoms with Gasteiger partial charge in [0.05, 0.1) is 5.41 Å². The molecule has 0 atom stereocenters. The monoisotopic (exact) mass is 438 g/mol. The van der Waals surface area contributed by atoms with Crippen LogP contribution < -0.4 is 0 Å². The lowest BCUT2D eigenvalue weighted by Gasteiger charge is -2.32. The normalized spacial score (nSPS) is 13.5. The van der Waals surface area contributed by atoms with E-state index in [1.54, 1.807) is 0 Å². The van der Waals surface area contributed by atoms with Crippen molar-refractivity contribution in [1.29, 1.82) is 0 Å². The molecular formula is C34H30. The maximum Gasteiger partial charge on any atom is 0.0647 e. The predicted octanol–water partition coefficient (Wildman–Crippen LogP) is 9.01.